The fourth-order valence-corrected chi connectivity index (χ4v) is 4.97. The Hall–Kier alpha value is -2.05. The Morgan fingerprint density at radius 3 is 3.00 bits per heavy atom. The lowest BCUT2D eigenvalue weighted by atomic mass is 9.97. The van der Waals surface area contributed by atoms with E-state index in [4.69, 9.17) is 4.42 Å². The average molecular weight is 399 g/mol. The van der Waals surface area contributed by atoms with Gasteiger partial charge >= 0.3 is 0 Å². The van der Waals surface area contributed by atoms with Crippen molar-refractivity contribution < 1.29 is 9.21 Å². The van der Waals surface area contributed by atoms with Crippen LogP contribution in [0.25, 0.3) is 10.8 Å². The molecule has 0 aliphatic carbocycles. The van der Waals surface area contributed by atoms with Gasteiger partial charge in [0.25, 0.3) is 0 Å². The van der Waals surface area contributed by atoms with Crippen molar-refractivity contribution >= 4 is 34.7 Å². The molecule has 1 aromatic carbocycles. The number of nitrogens with zero attached hydrogens (tertiary/aromatic N) is 2. The predicted octanol–water partition coefficient (Wildman–Crippen LogP) is 5.31. The molecule has 1 unspecified atom stereocenters. The SMILES string of the molecule is Cc1oc(-c2cccs2)nc1CSCC(=O)N1c2ccccc2CCC1C. The van der Waals surface area contributed by atoms with Gasteiger partial charge in [-0.1, -0.05) is 24.3 Å². The molecule has 1 amide bonds. The third-order valence-corrected chi connectivity index (χ3v) is 6.67. The number of anilines is 1. The summed E-state index contributed by atoms with van der Waals surface area (Å²) in [5.41, 5.74) is 3.25. The van der Waals surface area contributed by atoms with Gasteiger partial charge in [-0.2, -0.15) is 0 Å². The molecule has 4 rings (SSSR count). The van der Waals surface area contributed by atoms with E-state index in [0.717, 1.165) is 34.9 Å². The smallest absolute Gasteiger partial charge is 0.237 e. The van der Waals surface area contributed by atoms with Crippen LogP contribution in [0.15, 0.2) is 46.2 Å². The first-order valence-corrected chi connectivity index (χ1v) is 11.1. The highest BCUT2D eigenvalue weighted by Crippen LogP contribution is 2.32. The zero-order chi connectivity index (χ0) is 18.8. The number of hydrogen-bond donors (Lipinski definition) is 0. The monoisotopic (exact) mass is 398 g/mol. The maximum Gasteiger partial charge on any atom is 0.237 e. The van der Waals surface area contributed by atoms with Crippen LogP contribution < -0.4 is 4.90 Å². The van der Waals surface area contributed by atoms with Crippen molar-refractivity contribution in [3.05, 3.63) is 58.8 Å². The van der Waals surface area contributed by atoms with Gasteiger partial charge < -0.3 is 9.32 Å². The fourth-order valence-electron chi connectivity index (χ4n) is 3.44. The first-order valence-electron chi connectivity index (χ1n) is 9.11. The lowest BCUT2D eigenvalue weighted by Gasteiger charge is -2.35. The third-order valence-electron chi connectivity index (χ3n) is 4.88. The summed E-state index contributed by atoms with van der Waals surface area (Å²) in [5.74, 6) is 2.78. The Kier molecular flexibility index (Phi) is 5.36. The second-order valence-corrected chi connectivity index (χ2v) is 8.71. The lowest BCUT2D eigenvalue weighted by Crippen LogP contribution is -2.43. The Morgan fingerprint density at radius 2 is 2.19 bits per heavy atom. The van der Waals surface area contributed by atoms with Crippen LogP contribution in [0.3, 0.4) is 0 Å². The number of carbonyl (C=O) groups is 1. The van der Waals surface area contributed by atoms with E-state index in [0.29, 0.717) is 17.4 Å². The summed E-state index contributed by atoms with van der Waals surface area (Å²) in [4.78, 5) is 20.5. The number of benzene rings is 1. The topological polar surface area (TPSA) is 46.3 Å². The van der Waals surface area contributed by atoms with Gasteiger partial charge in [0, 0.05) is 17.5 Å². The van der Waals surface area contributed by atoms with Gasteiger partial charge in [-0.15, -0.1) is 23.1 Å². The van der Waals surface area contributed by atoms with E-state index >= 15 is 0 Å². The van der Waals surface area contributed by atoms with Crippen molar-refractivity contribution in [2.75, 3.05) is 10.7 Å². The summed E-state index contributed by atoms with van der Waals surface area (Å²) >= 11 is 3.21. The number of aryl methyl sites for hydroxylation is 2. The van der Waals surface area contributed by atoms with E-state index in [-0.39, 0.29) is 11.9 Å². The van der Waals surface area contributed by atoms with Crippen LogP contribution >= 0.6 is 23.1 Å². The van der Waals surface area contributed by atoms with E-state index < -0.39 is 0 Å². The lowest BCUT2D eigenvalue weighted by molar-refractivity contribution is -0.116. The van der Waals surface area contributed by atoms with Crippen LogP contribution in [0.2, 0.25) is 0 Å². The molecule has 0 bridgehead atoms. The van der Waals surface area contributed by atoms with Crippen LogP contribution in [-0.4, -0.2) is 22.7 Å². The normalized spacial score (nSPS) is 16.4. The van der Waals surface area contributed by atoms with E-state index in [9.17, 15) is 4.79 Å². The molecule has 0 fully saturated rings. The molecule has 27 heavy (non-hydrogen) atoms. The predicted molar refractivity (Wildman–Crippen MR) is 112 cm³/mol. The molecular weight excluding hydrogens is 376 g/mol. The number of rotatable bonds is 5. The number of aromatic nitrogens is 1. The molecule has 0 saturated carbocycles. The Balaban J connectivity index is 1.40. The first kappa shape index (κ1) is 18.3. The summed E-state index contributed by atoms with van der Waals surface area (Å²) in [6.07, 6.45) is 2.05. The van der Waals surface area contributed by atoms with E-state index in [1.54, 1.807) is 23.1 Å². The van der Waals surface area contributed by atoms with Gasteiger partial charge in [-0.25, -0.2) is 4.98 Å². The molecule has 4 nitrogen and oxygen atoms in total. The van der Waals surface area contributed by atoms with E-state index in [1.807, 2.05) is 41.5 Å². The molecule has 1 aliphatic heterocycles. The van der Waals surface area contributed by atoms with Gasteiger partial charge in [-0.3, -0.25) is 4.79 Å². The summed E-state index contributed by atoms with van der Waals surface area (Å²) in [7, 11) is 0. The van der Waals surface area contributed by atoms with Gasteiger partial charge in [0.2, 0.25) is 11.8 Å². The summed E-state index contributed by atoms with van der Waals surface area (Å²) in [5, 5.41) is 2.01. The van der Waals surface area contributed by atoms with Gasteiger partial charge in [-0.05, 0) is 49.8 Å². The third kappa shape index (κ3) is 3.82. The quantitative estimate of drug-likeness (QED) is 0.584. The summed E-state index contributed by atoms with van der Waals surface area (Å²) in [6, 6.07) is 12.5. The molecule has 0 saturated heterocycles. The van der Waals surface area contributed by atoms with Crippen LogP contribution in [0.1, 0.15) is 30.4 Å². The molecular formula is C21H22N2O2S2. The molecule has 1 atom stereocenters. The maximum atomic E-state index is 12.9. The minimum absolute atomic E-state index is 0.166. The second-order valence-electron chi connectivity index (χ2n) is 6.77. The largest absolute Gasteiger partial charge is 0.440 e. The number of para-hydroxylation sites is 1. The molecule has 3 aromatic rings. The molecule has 140 valence electrons. The number of oxazole rings is 1. The zero-order valence-electron chi connectivity index (χ0n) is 15.5. The van der Waals surface area contributed by atoms with E-state index in [1.165, 1.54) is 5.56 Å². The molecule has 0 radical (unpaired) electrons. The van der Waals surface area contributed by atoms with Crippen LogP contribution in [0.5, 0.6) is 0 Å². The number of fused-ring (bicyclic) bond motifs is 1. The minimum Gasteiger partial charge on any atom is -0.440 e. The van der Waals surface area contributed by atoms with Crippen molar-refractivity contribution in [2.24, 2.45) is 0 Å². The summed E-state index contributed by atoms with van der Waals surface area (Å²) < 4.78 is 5.79. The zero-order valence-corrected chi connectivity index (χ0v) is 17.1. The van der Waals surface area contributed by atoms with Crippen molar-refractivity contribution in [1.29, 1.82) is 0 Å². The van der Waals surface area contributed by atoms with Crippen LogP contribution in [-0.2, 0) is 17.0 Å². The molecule has 0 N–H and O–H groups in total. The van der Waals surface area contributed by atoms with Crippen LogP contribution in [0.4, 0.5) is 5.69 Å². The number of amides is 1. The van der Waals surface area contributed by atoms with Crippen molar-refractivity contribution in [3.8, 4) is 10.8 Å². The van der Waals surface area contributed by atoms with Crippen molar-refractivity contribution in [1.82, 2.24) is 4.98 Å². The van der Waals surface area contributed by atoms with Crippen molar-refractivity contribution in [3.63, 3.8) is 0 Å². The number of thiophene rings is 1. The highest BCUT2D eigenvalue weighted by atomic mass is 32.2. The minimum atomic E-state index is 0.166. The Labute approximate surface area is 167 Å². The summed E-state index contributed by atoms with van der Waals surface area (Å²) in [6.45, 7) is 4.07. The van der Waals surface area contributed by atoms with Gasteiger partial charge in [0.1, 0.15) is 5.76 Å². The molecule has 1 aliphatic rings. The number of hydrogen-bond acceptors (Lipinski definition) is 5. The van der Waals surface area contributed by atoms with Crippen LogP contribution in [0, 0.1) is 6.92 Å². The molecule has 6 heteroatoms. The average Bonchev–Trinajstić information content (AvgIpc) is 3.32. The van der Waals surface area contributed by atoms with E-state index in [2.05, 4.69) is 24.0 Å². The Morgan fingerprint density at radius 1 is 1.33 bits per heavy atom. The van der Waals surface area contributed by atoms with Crippen molar-refractivity contribution in [2.45, 2.75) is 38.5 Å². The maximum absolute atomic E-state index is 12.9. The number of thioether (sulfide) groups is 1. The second kappa shape index (κ2) is 7.90. The fraction of sp³-hybridized carbons (Fsp3) is 0.333. The molecule has 3 heterocycles. The standard InChI is InChI=1S/C21H22N2O2S2/c1-14-9-10-16-6-3-4-7-18(16)23(14)20(24)13-26-12-17-15(2)25-21(22-17)19-8-5-11-27-19/h3-8,11,14H,9-10,12-13H2,1-2H3. The van der Waals surface area contributed by atoms with Gasteiger partial charge in [0.15, 0.2) is 0 Å². The highest BCUT2D eigenvalue weighted by molar-refractivity contribution is 7.99. The van der Waals surface area contributed by atoms with Gasteiger partial charge in [0.05, 0.1) is 16.3 Å². The molecule has 0 spiro atoms. The Bertz CT molecular complexity index is 934. The highest BCUT2D eigenvalue weighted by Gasteiger charge is 2.27. The molecule has 2 aromatic heterocycles. The first-order chi connectivity index (χ1) is 13.1. The number of carbonyl (C=O) groups excluding carboxylic acids is 1.